The molecule has 0 saturated heterocycles. The first-order valence-electron chi connectivity index (χ1n) is 22.2. The lowest BCUT2D eigenvalue weighted by Crippen LogP contribution is -2.87. The third-order valence-electron chi connectivity index (χ3n) is 20.5. The van der Waals surface area contributed by atoms with Gasteiger partial charge in [0, 0.05) is 16.9 Å². The van der Waals surface area contributed by atoms with Gasteiger partial charge in [-0.25, -0.2) is 0 Å². The Balaban J connectivity index is 0.951. The van der Waals surface area contributed by atoms with Crippen LogP contribution in [0.3, 0.4) is 0 Å². The molecule has 17 rings (SSSR count). The van der Waals surface area contributed by atoms with Crippen LogP contribution in [0.15, 0.2) is 84.9 Å². The summed E-state index contributed by atoms with van der Waals surface area (Å²) in [4.78, 5) is 2.74. The monoisotopic (exact) mass is 709 g/mol. The Morgan fingerprint density at radius 1 is 0.673 bits per heavy atom. The maximum absolute atomic E-state index is 6.77. The molecule has 3 heterocycles. The van der Waals surface area contributed by atoms with E-state index in [4.69, 9.17) is 4.74 Å². The van der Waals surface area contributed by atoms with Crippen LogP contribution in [-0.2, 0) is 17.3 Å². The largest absolute Gasteiger partial charge is 0.453 e. The van der Waals surface area contributed by atoms with Crippen molar-refractivity contribution in [1.29, 1.82) is 0 Å². The number of ether oxygens (including phenoxy) is 1. The molecular formula is C52H44BNO. The number of hydrogen-bond donors (Lipinski definition) is 0. The van der Waals surface area contributed by atoms with Gasteiger partial charge in [0.1, 0.15) is 5.75 Å². The van der Waals surface area contributed by atoms with Crippen LogP contribution in [-0.4, -0.2) is 6.85 Å². The lowest BCUT2D eigenvalue weighted by Gasteiger charge is -2.91. The average Bonchev–Trinajstić information content (AvgIpc) is 3.65. The summed E-state index contributed by atoms with van der Waals surface area (Å²) >= 11 is 0. The van der Waals surface area contributed by atoms with Crippen molar-refractivity contribution >= 4 is 29.1 Å². The fourth-order valence-corrected chi connectivity index (χ4v) is 18.9. The zero-order valence-corrected chi connectivity index (χ0v) is 31.6. The zero-order valence-electron chi connectivity index (χ0n) is 31.6. The van der Waals surface area contributed by atoms with Gasteiger partial charge in [0.25, 0.3) is 0 Å². The SMILES string of the molecule is Cc1cc2c3c(c1)C1Cc4ccc(C56CC7CC8CC(C5)C87C6)cc4-c4cc(C56CC7CC8CC(C5)C876)cc(c41)B3N1c3ccccc3Oc3cccc-2c31. The summed E-state index contributed by atoms with van der Waals surface area (Å²) in [6.07, 6.45) is 14.5. The van der Waals surface area contributed by atoms with E-state index in [0.29, 0.717) is 22.2 Å². The minimum atomic E-state index is 0.128. The van der Waals surface area contributed by atoms with Crippen LogP contribution >= 0.6 is 0 Å². The molecule has 2 nitrogen and oxygen atoms in total. The highest BCUT2D eigenvalue weighted by Crippen LogP contribution is 2.92. The maximum atomic E-state index is 6.77. The molecule has 0 radical (unpaired) electrons. The molecule has 5 aromatic rings. The highest BCUT2D eigenvalue weighted by molar-refractivity contribution is 6.92. The second-order valence-electron chi connectivity index (χ2n) is 21.5. The van der Waals surface area contributed by atoms with Crippen molar-refractivity contribution in [3.05, 3.63) is 118 Å². The van der Waals surface area contributed by atoms with Crippen molar-refractivity contribution < 1.29 is 4.74 Å². The number of nitrogens with zero attached hydrogens (tertiary/aromatic N) is 1. The summed E-state index contributed by atoms with van der Waals surface area (Å²) in [5, 5.41) is 0. The summed E-state index contributed by atoms with van der Waals surface area (Å²) in [5.41, 5.74) is 23.4. The molecule has 5 atom stereocenters. The summed E-state index contributed by atoms with van der Waals surface area (Å²) < 4.78 is 6.77. The molecular weight excluding hydrogens is 665 g/mol. The predicted molar refractivity (Wildman–Crippen MR) is 218 cm³/mol. The molecule has 8 saturated carbocycles. The number of anilines is 2. The highest BCUT2D eigenvalue weighted by atomic mass is 16.5. The molecule has 3 heteroatoms. The van der Waals surface area contributed by atoms with Gasteiger partial charge in [-0.2, -0.15) is 0 Å². The van der Waals surface area contributed by atoms with Crippen molar-refractivity contribution in [2.24, 2.45) is 46.3 Å². The number of aryl methyl sites for hydroxylation is 1. The minimum absolute atomic E-state index is 0.128. The van der Waals surface area contributed by atoms with E-state index in [1.807, 2.05) is 0 Å². The molecule has 0 aromatic heterocycles. The average molecular weight is 710 g/mol. The van der Waals surface area contributed by atoms with Crippen LogP contribution < -0.4 is 20.5 Å². The first-order valence-corrected chi connectivity index (χ1v) is 22.2. The Labute approximate surface area is 323 Å². The quantitative estimate of drug-likeness (QED) is 0.169. The molecule has 0 N–H and O–H groups in total. The normalized spacial score (nSPS) is 41.0. The van der Waals surface area contributed by atoms with Gasteiger partial charge in [-0.3, -0.25) is 0 Å². The van der Waals surface area contributed by atoms with Gasteiger partial charge in [0.05, 0.1) is 11.4 Å². The van der Waals surface area contributed by atoms with E-state index in [2.05, 4.69) is 96.7 Å². The van der Waals surface area contributed by atoms with Crippen LogP contribution in [0.4, 0.5) is 11.4 Å². The number of hydrogen-bond acceptors (Lipinski definition) is 2. The number of rotatable bonds is 2. The van der Waals surface area contributed by atoms with Crippen LogP contribution in [0.25, 0.3) is 22.3 Å². The molecule has 0 amide bonds. The van der Waals surface area contributed by atoms with E-state index >= 15 is 0 Å². The number of para-hydroxylation sites is 3. The minimum Gasteiger partial charge on any atom is -0.453 e. The van der Waals surface area contributed by atoms with E-state index in [1.165, 1.54) is 85.9 Å². The molecule has 5 unspecified atom stereocenters. The smallest absolute Gasteiger partial charge is 0.329 e. The number of benzene rings is 5. The van der Waals surface area contributed by atoms with Gasteiger partial charge in [-0.1, -0.05) is 72.3 Å². The Kier molecular flexibility index (Phi) is 4.23. The van der Waals surface area contributed by atoms with Crippen LogP contribution in [0, 0.1) is 53.3 Å². The van der Waals surface area contributed by atoms with Crippen molar-refractivity contribution in [2.45, 2.75) is 87.9 Å². The molecule has 8 fully saturated rings. The van der Waals surface area contributed by atoms with Crippen molar-refractivity contribution in [3.8, 4) is 33.8 Å². The summed E-state index contributed by atoms with van der Waals surface area (Å²) in [6.45, 7) is 2.46. The second-order valence-corrected chi connectivity index (χ2v) is 21.5. The highest BCUT2D eigenvalue weighted by Gasteiger charge is 2.87. The van der Waals surface area contributed by atoms with E-state index in [0.717, 1.165) is 58.8 Å². The third-order valence-corrected chi connectivity index (χ3v) is 20.5. The van der Waals surface area contributed by atoms with Gasteiger partial charge in [-0.15, -0.1) is 0 Å². The molecule has 9 aliphatic carbocycles. The van der Waals surface area contributed by atoms with Crippen LogP contribution in [0.2, 0.25) is 0 Å². The zero-order chi connectivity index (χ0) is 35.1. The fourth-order valence-electron chi connectivity index (χ4n) is 18.9. The molecule has 5 aromatic carbocycles. The summed E-state index contributed by atoms with van der Waals surface area (Å²) in [5.74, 6) is 8.43. The fraction of sp³-hybridized carbons (Fsp3) is 0.423. The van der Waals surface area contributed by atoms with E-state index < -0.39 is 0 Å². The maximum Gasteiger partial charge on any atom is 0.329 e. The third kappa shape index (κ3) is 2.61. The summed E-state index contributed by atoms with van der Waals surface area (Å²) in [7, 11) is 0. The Morgan fingerprint density at radius 3 is 2.27 bits per heavy atom. The first kappa shape index (κ1) is 28.2. The first-order chi connectivity index (χ1) is 27.0. The topological polar surface area (TPSA) is 12.5 Å². The molecule has 2 bridgehead atoms. The predicted octanol–water partition coefficient (Wildman–Crippen LogP) is 10.5. The van der Waals surface area contributed by atoms with Crippen molar-refractivity contribution in [2.75, 3.05) is 4.81 Å². The van der Waals surface area contributed by atoms with Gasteiger partial charge in [-0.05, 0) is 197 Å². The lowest BCUT2D eigenvalue weighted by molar-refractivity contribution is -0.395. The van der Waals surface area contributed by atoms with Gasteiger partial charge in [0.15, 0.2) is 5.75 Å². The van der Waals surface area contributed by atoms with Crippen molar-refractivity contribution in [3.63, 3.8) is 0 Å². The molecule has 55 heavy (non-hydrogen) atoms. The molecule has 2 spiro atoms. The standard InChI is InChI=1S/C52H44BNO/c1-26-11-40-36-5-4-8-45-48(36)54(43-6-2-3-7-44(43)55-45)53-42-20-29(50-23-34-16-31-17-35(24-50)52(31,34)50)19-39-37-18-28(49-21-32-14-30-15-33(22-49)51(30,32)25-49)10-9-27(37)13-38(46(39)42)41(12-26)47(40)53/h2-12,18-20,30-35,38H,13-17,21-25H2,1H3. The van der Waals surface area contributed by atoms with E-state index in [9.17, 15) is 0 Å². The van der Waals surface area contributed by atoms with Crippen molar-refractivity contribution in [1.82, 2.24) is 0 Å². The van der Waals surface area contributed by atoms with Gasteiger partial charge in [0.2, 0.25) is 0 Å². The second kappa shape index (κ2) is 8.25. The number of fused-ring (bicyclic) bond motifs is 9. The summed E-state index contributed by atoms with van der Waals surface area (Å²) in [6, 6.07) is 34.5. The Bertz CT molecular complexity index is 2730. The van der Waals surface area contributed by atoms with Crippen LogP contribution in [0.1, 0.15) is 97.1 Å². The molecule has 266 valence electrons. The van der Waals surface area contributed by atoms with Crippen LogP contribution in [0.5, 0.6) is 11.5 Å². The van der Waals surface area contributed by atoms with Gasteiger partial charge >= 0.3 is 6.85 Å². The Hall–Kier alpha value is -4.24. The van der Waals surface area contributed by atoms with Gasteiger partial charge < -0.3 is 9.55 Å². The van der Waals surface area contributed by atoms with E-state index in [1.54, 1.807) is 49.9 Å². The lowest BCUT2D eigenvalue weighted by atomic mass is 9.12. The Morgan fingerprint density at radius 2 is 1.47 bits per heavy atom. The molecule has 12 aliphatic rings. The van der Waals surface area contributed by atoms with E-state index in [-0.39, 0.29) is 6.85 Å². The molecule has 3 aliphatic heterocycles.